The molecule has 4 aromatic rings. The highest BCUT2D eigenvalue weighted by Gasteiger charge is 2.36. The van der Waals surface area contributed by atoms with Crippen molar-refractivity contribution < 1.29 is 13.5 Å². The molecule has 0 amide bonds. The van der Waals surface area contributed by atoms with Crippen LogP contribution < -0.4 is 10.5 Å². The van der Waals surface area contributed by atoms with Crippen LogP contribution >= 0.6 is 0 Å². The molecule has 1 aromatic carbocycles. The van der Waals surface area contributed by atoms with Crippen LogP contribution in [0.2, 0.25) is 0 Å². The summed E-state index contributed by atoms with van der Waals surface area (Å²) >= 11 is 0. The number of fused-ring (bicyclic) bond motifs is 1. The number of ether oxygens (including phenoxy) is 1. The van der Waals surface area contributed by atoms with Crippen molar-refractivity contribution in [3.63, 3.8) is 0 Å². The van der Waals surface area contributed by atoms with Crippen LogP contribution in [0, 0.1) is 18.6 Å². The van der Waals surface area contributed by atoms with Gasteiger partial charge >= 0.3 is 0 Å². The molecule has 35 heavy (non-hydrogen) atoms. The molecule has 1 fully saturated rings. The third-order valence-corrected chi connectivity index (χ3v) is 6.12. The fourth-order valence-electron chi connectivity index (χ4n) is 4.37. The minimum atomic E-state index is -0.799. The first-order valence-corrected chi connectivity index (χ1v) is 11.1. The van der Waals surface area contributed by atoms with E-state index >= 15 is 0 Å². The van der Waals surface area contributed by atoms with Gasteiger partial charge in [-0.25, -0.2) is 23.7 Å². The number of hydrogen-bond donors (Lipinski definition) is 0. The van der Waals surface area contributed by atoms with E-state index in [1.807, 2.05) is 32.0 Å². The minimum absolute atomic E-state index is 0.0385. The molecule has 9 nitrogen and oxygen atoms in total. The van der Waals surface area contributed by atoms with Gasteiger partial charge in [0.25, 0.3) is 5.56 Å². The lowest BCUT2D eigenvalue weighted by Gasteiger charge is -2.42. The summed E-state index contributed by atoms with van der Waals surface area (Å²) in [5.41, 5.74) is 0.331. The number of aromatic nitrogens is 6. The van der Waals surface area contributed by atoms with Crippen LogP contribution in [0.1, 0.15) is 31.3 Å². The first-order valence-electron chi connectivity index (χ1n) is 11.1. The largest absolute Gasteiger partial charge is 0.364 e. The number of aryl methyl sites for hydroxylation is 2. The van der Waals surface area contributed by atoms with Gasteiger partial charge in [0.05, 0.1) is 18.3 Å². The standard InChI is InChI=1S/C24H25F2N7O2/c1-13-28-20-19(16-7-6-15(25)8-17(16)26)29-23(30-21(20)22(34)32(13)5)33-11-18(35-24(2,3)12-33)14-9-27-31(4)10-14/h6-10,18H,11-12H2,1-5H3/t18-/m1/s1. The summed E-state index contributed by atoms with van der Waals surface area (Å²) in [6, 6.07) is 3.23. The first-order chi connectivity index (χ1) is 16.5. The molecule has 1 atom stereocenters. The van der Waals surface area contributed by atoms with Gasteiger partial charge in [-0.15, -0.1) is 0 Å². The number of hydrogen-bond acceptors (Lipinski definition) is 7. The van der Waals surface area contributed by atoms with Crippen molar-refractivity contribution in [2.45, 2.75) is 32.5 Å². The van der Waals surface area contributed by atoms with E-state index in [1.54, 1.807) is 24.9 Å². The monoisotopic (exact) mass is 481 g/mol. The van der Waals surface area contributed by atoms with E-state index in [2.05, 4.69) is 20.1 Å². The maximum absolute atomic E-state index is 14.9. The first kappa shape index (κ1) is 23.0. The van der Waals surface area contributed by atoms with Crippen molar-refractivity contribution in [3.05, 3.63) is 64.0 Å². The Labute approximate surface area is 200 Å². The van der Waals surface area contributed by atoms with Crippen molar-refractivity contribution in [1.82, 2.24) is 29.3 Å². The predicted octanol–water partition coefficient (Wildman–Crippen LogP) is 3.07. The van der Waals surface area contributed by atoms with E-state index in [4.69, 9.17) is 4.74 Å². The molecule has 1 saturated heterocycles. The molecule has 0 spiro atoms. The Morgan fingerprint density at radius 2 is 1.89 bits per heavy atom. The molecule has 1 aliphatic rings. The normalized spacial score (nSPS) is 17.8. The number of halogens is 2. The van der Waals surface area contributed by atoms with E-state index in [0.29, 0.717) is 18.9 Å². The summed E-state index contributed by atoms with van der Waals surface area (Å²) in [5.74, 6) is -0.846. The molecule has 0 unspecified atom stereocenters. The van der Waals surface area contributed by atoms with E-state index < -0.39 is 17.2 Å². The van der Waals surface area contributed by atoms with Gasteiger partial charge in [-0.05, 0) is 32.9 Å². The zero-order valence-corrected chi connectivity index (χ0v) is 20.1. The zero-order valence-electron chi connectivity index (χ0n) is 20.1. The summed E-state index contributed by atoms with van der Waals surface area (Å²) in [7, 11) is 3.43. The second kappa shape index (κ2) is 8.19. The van der Waals surface area contributed by atoms with Gasteiger partial charge in [0.2, 0.25) is 5.95 Å². The highest BCUT2D eigenvalue weighted by Crippen LogP contribution is 2.34. The van der Waals surface area contributed by atoms with Gasteiger partial charge in [-0.2, -0.15) is 5.10 Å². The zero-order chi connectivity index (χ0) is 25.1. The molecule has 11 heteroatoms. The smallest absolute Gasteiger partial charge is 0.279 e. The average Bonchev–Trinajstić information content (AvgIpc) is 3.23. The van der Waals surface area contributed by atoms with E-state index in [1.165, 1.54) is 10.6 Å². The Morgan fingerprint density at radius 1 is 1.11 bits per heavy atom. The van der Waals surface area contributed by atoms with Crippen LogP contribution in [-0.2, 0) is 18.8 Å². The summed E-state index contributed by atoms with van der Waals surface area (Å²) in [4.78, 5) is 28.8. The van der Waals surface area contributed by atoms with Crippen LogP contribution in [-0.4, -0.2) is 48.0 Å². The van der Waals surface area contributed by atoms with Crippen molar-refractivity contribution in [3.8, 4) is 11.3 Å². The van der Waals surface area contributed by atoms with Crippen LogP contribution in [0.4, 0.5) is 14.7 Å². The molecular weight excluding hydrogens is 456 g/mol. The maximum atomic E-state index is 14.9. The summed E-state index contributed by atoms with van der Waals surface area (Å²) in [6.45, 7) is 6.40. The Hall–Kier alpha value is -3.73. The Morgan fingerprint density at radius 3 is 2.57 bits per heavy atom. The molecule has 1 aliphatic heterocycles. The topological polar surface area (TPSA) is 91.0 Å². The SMILES string of the molecule is Cc1nc2c(-c3ccc(F)cc3F)nc(N3C[C@H](c4cnn(C)c4)OC(C)(C)C3)nc2c(=O)n1C. The minimum Gasteiger partial charge on any atom is -0.364 e. The Balaban J connectivity index is 1.71. The molecule has 5 rings (SSSR count). The lowest BCUT2D eigenvalue weighted by Crippen LogP contribution is -2.50. The fourth-order valence-corrected chi connectivity index (χ4v) is 4.37. The molecule has 0 aliphatic carbocycles. The number of rotatable bonds is 3. The Bertz CT molecular complexity index is 1510. The van der Waals surface area contributed by atoms with E-state index in [9.17, 15) is 13.6 Å². The summed E-state index contributed by atoms with van der Waals surface area (Å²) in [5, 5.41) is 4.24. The van der Waals surface area contributed by atoms with Crippen molar-refractivity contribution in [2.75, 3.05) is 18.0 Å². The van der Waals surface area contributed by atoms with Crippen LogP contribution in [0.15, 0.2) is 35.4 Å². The molecule has 4 heterocycles. The third-order valence-electron chi connectivity index (χ3n) is 6.12. The van der Waals surface area contributed by atoms with E-state index in [0.717, 1.165) is 17.7 Å². The average molecular weight is 482 g/mol. The van der Waals surface area contributed by atoms with Crippen molar-refractivity contribution in [2.24, 2.45) is 14.1 Å². The van der Waals surface area contributed by atoms with Crippen molar-refractivity contribution >= 4 is 17.0 Å². The predicted molar refractivity (Wildman–Crippen MR) is 126 cm³/mol. The lowest BCUT2D eigenvalue weighted by atomic mass is 10.0. The molecule has 3 aromatic heterocycles. The molecule has 182 valence electrons. The molecule has 0 radical (unpaired) electrons. The van der Waals surface area contributed by atoms with Gasteiger partial charge in [0.1, 0.15) is 34.8 Å². The van der Waals surface area contributed by atoms with Gasteiger partial charge in [0.15, 0.2) is 5.52 Å². The van der Waals surface area contributed by atoms with Crippen LogP contribution in [0.3, 0.4) is 0 Å². The highest BCUT2D eigenvalue weighted by atomic mass is 19.1. The summed E-state index contributed by atoms with van der Waals surface area (Å²) in [6.07, 6.45) is 3.30. The molecule has 0 N–H and O–H groups in total. The second-order valence-corrected chi connectivity index (χ2v) is 9.41. The number of nitrogens with zero attached hydrogens (tertiary/aromatic N) is 7. The van der Waals surface area contributed by atoms with Gasteiger partial charge < -0.3 is 9.64 Å². The molecular formula is C24H25F2N7O2. The highest BCUT2D eigenvalue weighted by molar-refractivity contribution is 5.89. The molecule has 0 saturated carbocycles. The maximum Gasteiger partial charge on any atom is 0.279 e. The quantitative estimate of drug-likeness (QED) is 0.444. The van der Waals surface area contributed by atoms with Crippen molar-refractivity contribution in [1.29, 1.82) is 0 Å². The number of morpholine rings is 1. The van der Waals surface area contributed by atoms with E-state index in [-0.39, 0.29) is 39.9 Å². The number of benzene rings is 1. The number of anilines is 1. The van der Waals surface area contributed by atoms with Crippen LogP contribution in [0.5, 0.6) is 0 Å². The third kappa shape index (κ3) is 4.16. The fraction of sp³-hybridized carbons (Fsp3) is 0.375. The lowest BCUT2D eigenvalue weighted by molar-refractivity contribution is -0.0859. The van der Waals surface area contributed by atoms with Gasteiger partial charge in [-0.1, -0.05) is 0 Å². The summed E-state index contributed by atoms with van der Waals surface area (Å²) < 4.78 is 37.9. The Kier molecular flexibility index (Phi) is 5.39. The molecule has 0 bridgehead atoms. The van der Waals surface area contributed by atoms with Gasteiger partial charge in [-0.3, -0.25) is 14.0 Å². The second-order valence-electron chi connectivity index (χ2n) is 9.41. The van der Waals surface area contributed by atoms with Crippen LogP contribution in [0.25, 0.3) is 22.3 Å². The van der Waals surface area contributed by atoms with Gasteiger partial charge in [0, 0.05) is 44.0 Å².